The molecule has 1 amide bonds. The Kier molecular flexibility index (Phi) is 8.57. The minimum absolute atomic E-state index is 0.106. The van der Waals surface area contributed by atoms with E-state index in [2.05, 4.69) is 15.6 Å². The van der Waals surface area contributed by atoms with Gasteiger partial charge in [0.05, 0.1) is 36.0 Å². The van der Waals surface area contributed by atoms with Crippen molar-refractivity contribution in [2.24, 2.45) is 5.92 Å². The molecule has 3 rings (SSSR count). The summed E-state index contributed by atoms with van der Waals surface area (Å²) in [5.41, 5.74) is 1.02. The SMILES string of the molecule is COC(=O)C1=C(C)NC(C)=C(C(=O)OC)C1C(=O)OC(C)C(=O)Nc1nc(-c2cccc([N+](=O)[O-])c2)cs1. The van der Waals surface area contributed by atoms with Gasteiger partial charge >= 0.3 is 17.9 Å². The predicted molar refractivity (Wildman–Crippen MR) is 134 cm³/mol. The van der Waals surface area contributed by atoms with Crippen LogP contribution in [0.3, 0.4) is 0 Å². The Morgan fingerprint density at radius 2 is 1.71 bits per heavy atom. The van der Waals surface area contributed by atoms with E-state index in [-0.39, 0.29) is 33.4 Å². The van der Waals surface area contributed by atoms with Crippen molar-refractivity contribution in [3.05, 3.63) is 62.3 Å². The lowest BCUT2D eigenvalue weighted by Gasteiger charge is -2.28. The molecule has 1 atom stereocenters. The standard InChI is InChI=1S/C24H24N4O9S/c1-11-17(21(30)35-4)19(18(12(2)25-11)22(31)36-5)23(32)37-13(3)20(29)27-24-26-16(10-38-24)14-7-6-8-15(9-14)28(33)34/h6-10,13,19,25H,1-5H3,(H,26,27,29). The smallest absolute Gasteiger partial charge is 0.336 e. The van der Waals surface area contributed by atoms with E-state index in [0.29, 0.717) is 11.3 Å². The maximum atomic E-state index is 13.2. The van der Waals surface area contributed by atoms with E-state index in [4.69, 9.17) is 14.2 Å². The molecule has 14 heteroatoms. The van der Waals surface area contributed by atoms with Gasteiger partial charge in [-0.2, -0.15) is 0 Å². The van der Waals surface area contributed by atoms with E-state index in [1.807, 2.05) is 0 Å². The third-order valence-electron chi connectivity index (χ3n) is 5.56. The average molecular weight is 545 g/mol. The van der Waals surface area contributed by atoms with E-state index in [9.17, 15) is 29.3 Å². The zero-order chi connectivity index (χ0) is 28.1. The second kappa shape index (κ2) is 11.6. The number of aromatic nitrogens is 1. The molecule has 1 unspecified atom stereocenters. The molecule has 0 fully saturated rings. The van der Waals surface area contributed by atoms with Gasteiger partial charge in [-0.15, -0.1) is 11.3 Å². The summed E-state index contributed by atoms with van der Waals surface area (Å²) in [6.07, 6.45) is -1.35. The molecule has 1 aliphatic heterocycles. The summed E-state index contributed by atoms with van der Waals surface area (Å²) in [7, 11) is 2.25. The second-order valence-electron chi connectivity index (χ2n) is 8.03. The van der Waals surface area contributed by atoms with E-state index in [1.54, 1.807) is 11.4 Å². The number of amides is 1. The molecular weight excluding hydrogens is 520 g/mol. The second-order valence-corrected chi connectivity index (χ2v) is 8.89. The number of nitrogens with one attached hydrogen (secondary N) is 2. The number of carbonyl (C=O) groups excluding carboxylic acids is 4. The van der Waals surface area contributed by atoms with Crippen molar-refractivity contribution in [2.75, 3.05) is 19.5 Å². The first-order valence-electron chi connectivity index (χ1n) is 11.0. The topological polar surface area (TPSA) is 176 Å². The third kappa shape index (κ3) is 5.86. The summed E-state index contributed by atoms with van der Waals surface area (Å²) in [5, 5.41) is 18.2. The number of hydrogen-bond acceptors (Lipinski definition) is 12. The van der Waals surface area contributed by atoms with Crippen LogP contribution >= 0.6 is 11.3 Å². The number of rotatable bonds is 8. The minimum Gasteiger partial charge on any atom is -0.466 e. The molecule has 0 aliphatic carbocycles. The van der Waals surface area contributed by atoms with Crippen LogP contribution in [0.15, 0.2) is 52.2 Å². The molecule has 2 aromatic rings. The highest BCUT2D eigenvalue weighted by molar-refractivity contribution is 7.14. The number of nitrogens with zero attached hydrogens (tertiary/aromatic N) is 2. The van der Waals surface area contributed by atoms with Crippen molar-refractivity contribution in [1.29, 1.82) is 0 Å². The Bertz CT molecular complexity index is 1340. The van der Waals surface area contributed by atoms with Gasteiger partial charge in [-0.05, 0) is 20.8 Å². The molecule has 1 aliphatic rings. The summed E-state index contributed by atoms with van der Waals surface area (Å²) >= 11 is 1.07. The quantitative estimate of drug-likeness (QED) is 0.216. The molecule has 2 heterocycles. The number of hydrogen-bond donors (Lipinski definition) is 2. The van der Waals surface area contributed by atoms with Gasteiger partial charge in [-0.25, -0.2) is 14.6 Å². The Balaban J connectivity index is 1.78. The number of carbonyl (C=O) groups is 4. The molecular formula is C24H24N4O9S. The van der Waals surface area contributed by atoms with Crippen LogP contribution < -0.4 is 10.6 Å². The zero-order valence-electron chi connectivity index (χ0n) is 21.0. The van der Waals surface area contributed by atoms with Crippen LogP contribution in [0.4, 0.5) is 10.8 Å². The molecule has 1 aromatic carbocycles. The van der Waals surface area contributed by atoms with E-state index >= 15 is 0 Å². The van der Waals surface area contributed by atoms with Crippen molar-refractivity contribution in [3.8, 4) is 11.3 Å². The van der Waals surface area contributed by atoms with Crippen molar-refractivity contribution in [2.45, 2.75) is 26.9 Å². The number of anilines is 1. The molecule has 0 bridgehead atoms. The Hall–Kier alpha value is -4.59. The Morgan fingerprint density at radius 1 is 1.11 bits per heavy atom. The van der Waals surface area contributed by atoms with Crippen molar-refractivity contribution in [1.82, 2.24) is 10.3 Å². The number of benzene rings is 1. The number of dihydropyridines is 1. The molecule has 1 aromatic heterocycles. The summed E-state index contributed by atoms with van der Waals surface area (Å²) < 4.78 is 14.9. The van der Waals surface area contributed by atoms with E-state index < -0.39 is 40.8 Å². The van der Waals surface area contributed by atoms with Gasteiger partial charge in [-0.3, -0.25) is 25.0 Å². The number of ether oxygens (including phenoxy) is 3. The van der Waals surface area contributed by atoms with Crippen LogP contribution in [0.25, 0.3) is 11.3 Å². The van der Waals surface area contributed by atoms with E-state index in [1.165, 1.54) is 39.0 Å². The van der Waals surface area contributed by atoms with Gasteiger partial charge in [0.2, 0.25) is 0 Å². The maximum absolute atomic E-state index is 13.2. The maximum Gasteiger partial charge on any atom is 0.336 e. The summed E-state index contributed by atoms with van der Waals surface area (Å²) in [5.74, 6) is -4.98. The highest BCUT2D eigenvalue weighted by atomic mass is 32.1. The van der Waals surface area contributed by atoms with Gasteiger partial charge in [0.15, 0.2) is 11.2 Å². The van der Waals surface area contributed by atoms with Crippen LogP contribution in [0.5, 0.6) is 0 Å². The van der Waals surface area contributed by atoms with Gasteiger partial charge in [-0.1, -0.05) is 12.1 Å². The van der Waals surface area contributed by atoms with Gasteiger partial charge < -0.3 is 19.5 Å². The molecule has 2 N–H and O–H groups in total. The highest BCUT2D eigenvalue weighted by Gasteiger charge is 2.43. The number of nitro benzene ring substituents is 1. The number of nitro groups is 1. The van der Waals surface area contributed by atoms with Gasteiger partial charge in [0.1, 0.15) is 5.92 Å². The first-order chi connectivity index (χ1) is 18.0. The van der Waals surface area contributed by atoms with Gasteiger partial charge in [0, 0.05) is 34.5 Å². The van der Waals surface area contributed by atoms with Crippen LogP contribution in [-0.2, 0) is 33.4 Å². The van der Waals surface area contributed by atoms with Crippen molar-refractivity contribution >= 4 is 46.0 Å². The monoisotopic (exact) mass is 544 g/mol. The minimum atomic E-state index is -1.49. The normalized spacial score (nSPS) is 14.3. The number of esters is 3. The Morgan fingerprint density at radius 3 is 2.26 bits per heavy atom. The molecule has 0 saturated heterocycles. The summed E-state index contributed by atoms with van der Waals surface area (Å²) in [6.45, 7) is 4.37. The predicted octanol–water partition coefficient (Wildman–Crippen LogP) is 2.70. The number of allylic oxidation sites excluding steroid dienone is 2. The molecule has 200 valence electrons. The fourth-order valence-electron chi connectivity index (χ4n) is 3.74. The van der Waals surface area contributed by atoms with Crippen molar-refractivity contribution in [3.63, 3.8) is 0 Å². The van der Waals surface area contributed by atoms with Crippen LogP contribution in [0, 0.1) is 16.0 Å². The lowest BCUT2D eigenvalue weighted by Crippen LogP contribution is -2.40. The average Bonchev–Trinajstić information content (AvgIpc) is 3.35. The number of non-ortho nitro benzene ring substituents is 1. The molecule has 38 heavy (non-hydrogen) atoms. The van der Waals surface area contributed by atoms with Crippen LogP contribution in [0.2, 0.25) is 0 Å². The van der Waals surface area contributed by atoms with Crippen LogP contribution in [0.1, 0.15) is 20.8 Å². The fraction of sp³-hybridized carbons (Fsp3) is 0.292. The van der Waals surface area contributed by atoms with Gasteiger partial charge in [0.25, 0.3) is 11.6 Å². The number of thiazole rings is 1. The first kappa shape index (κ1) is 28.0. The lowest BCUT2D eigenvalue weighted by atomic mass is 9.85. The third-order valence-corrected chi connectivity index (χ3v) is 6.31. The molecule has 0 radical (unpaired) electrons. The largest absolute Gasteiger partial charge is 0.466 e. The fourth-order valence-corrected chi connectivity index (χ4v) is 4.46. The highest BCUT2D eigenvalue weighted by Crippen LogP contribution is 2.33. The van der Waals surface area contributed by atoms with Crippen molar-refractivity contribution < 1.29 is 38.3 Å². The Labute approximate surface area is 220 Å². The number of methoxy groups -OCH3 is 2. The first-order valence-corrected chi connectivity index (χ1v) is 11.9. The lowest BCUT2D eigenvalue weighted by molar-refractivity contribution is -0.384. The summed E-state index contributed by atoms with van der Waals surface area (Å²) in [4.78, 5) is 65.7. The molecule has 0 saturated carbocycles. The molecule has 0 spiro atoms. The van der Waals surface area contributed by atoms with Crippen LogP contribution in [-0.4, -0.2) is 54.0 Å². The summed E-state index contributed by atoms with van der Waals surface area (Å²) in [6, 6.07) is 5.86. The van der Waals surface area contributed by atoms with E-state index in [0.717, 1.165) is 25.6 Å². The zero-order valence-corrected chi connectivity index (χ0v) is 21.8. The molecule has 13 nitrogen and oxygen atoms in total.